The van der Waals surface area contributed by atoms with Gasteiger partial charge in [-0.25, -0.2) is 9.50 Å². The smallest absolute Gasteiger partial charge is 0.253 e. The number of nitrogens with one attached hydrogen (secondary N) is 1. The molecule has 0 unspecified atom stereocenters. The monoisotopic (exact) mass is 372 g/mol. The van der Waals surface area contributed by atoms with Gasteiger partial charge in [-0.2, -0.15) is 4.98 Å². The molecule has 4 rings (SSSR count). The van der Waals surface area contributed by atoms with E-state index in [2.05, 4.69) is 25.4 Å². The maximum Gasteiger partial charge on any atom is 0.253 e. The van der Waals surface area contributed by atoms with Crippen LogP contribution in [-0.4, -0.2) is 30.5 Å². The number of amides is 1. The lowest BCUT2D eigenvalue weighted by atomic mass is 10.1. The molecule has 0 bridgehead atoms. The van der Waals surface area contributed by atoms with Crippen LogP contribution in [0, 0.1) is 13.8 Å². The highest BCUT2D eigenvalue weighted by Gasteiger charge is 2.16. The van der Waals surface area contributed by atoms with Crippen molar-refractivity contribution in [1.29, 1.82) is 0 Å². The molecule has 3 heterocycles. The average Bonchev–Trinajstić information content (AvgIpc) is 3.15. The first-order chi connectivity index (χ1) is 13.6. The van der Waals surface area contributed by atoms with E-state index in [1.54, 1.807) is 16.9 Å². The third kappa shape index (κ3) is 3.59. The van der Waals surface area contributed by atoms with Gasteiger partial charge in [-0.05, 0) is 31.5 Å². The van der Waals surface area contributed by atoms with Gasteiger partial charge in [0.15, 0.2) is 5.82 Å². The molecule has 7 heteroatoms. The Balaban J connectivity index is 1.58. The Morgan fingerprint density at radius 2 is 1.89 bits per heavy atom. The summed E-state index contributed by atoms with van der Waals surface area (Å²) in [4.78, 5) is 25.6. The summed E-state index contributed by atoms with van der Waals surface area (Å²) in [5.74, 6) is 1.03. The second kappa shape index (κ2) is 7.56. The molecule has 1 N–H and O–H groups in total. The van der Waals surface area contributed by atoms with Gasteiger partial charge >= 0.3 is 0 Å². The van der Waals surface area contributed by atoms with Gasteiger partial charge in [0.1, 0.15) is 0 Å². The van der Waals surface area contributed by atoms with E-state index >= 15 is 0 Å². The Kier molecular flexibility index (Phi) is 4.80. The number of hydrogen-bond acceptors (Lipinski definition) is 5. The van der Waals surface area contributed by atoms with E-state index in [4.69, 9.17) is 0 Å². The summed E-state index contributed by atoms with van der Waals surface area (Å²) in [5.41, 5.74) is 4.40. The molecule has 0 aliphatic heterocycles. The van der Waals surface area contributed by atoms with Crippen LogP contribution in [0.5, 0.6) is 0 Å². The molecule has 28 heavy (non-hydrogen) atoms. The van der Waals surface area contributed by atoms with E-state index < -0.39 is 0 Å². The summed E-state index contributed by atoms with van der Waals surface area (Å²) in [5, 5.41) is 7.52. The van der Waals surface area contributed by atoms with Gasteiger partial charge in [0.25, 0.3) is 5.78 Å². The predicted molar refractivity (Wildman–Crippen MR) is 105 cm³/mol. The lowest BCUT2D eigenvalue weighted by Crippen LogP contribution is -2.25. The molecular weight excluding hydrogens is 352 g/mol. The minimum Gasteiger partial charge on any atom is -0.352 e. The maximum atomic E-state index is 12.5. The van der Waals surface area contributed by atoms with Crippen LogP contribution >= 0.6 is 0 Å². The third-order valence-corrected chi connectivity index (χ3v) is 4.64. The van der Waals surface area contributed by atoms with Crippen LogP contribution in [0.1, 0.15) is 22.5 Å². The normalized spacial score (nSPS) is 10.9. The molecule has 0 aliphatic carbocycles. The number of rotatable bonds is 5. The number of aromatic nitrogens is 5. The predicted octanol–water partition coefficient (Wildman–Crippen LogP) is 2.66. The summed E-state index contributed by atoms with van der Waals surface area (Å²) in [6.07, 6.45) is 3.67. The van der Waals surface area contributed by atoms with Gasteiger partial charge in [0.05, 0.1) is 6.42 Å². The van der Waals surface area contributed by atoms with Crippen molar-refractivity contribution in [2.24, 2.45) is 0 Å². The van der Waals surface area contributed by atoms with E-state index in [1.807, 2.05) is 56.3 Å². The van der Waals surface area contributed by atoms with E-state index in [1.165, 1.54) is 0 Å². The molecule has 0 radical (unpaired) electrons. The second-order valence-electron chi connectivity index (χ2n) is 6.59. The molecule has 4 aromatic rings. The van der Waals surface area contributed by atoms with Crippen LogP contribution in [0.2, 0.25) is 0 Å². The van der Waals surface area contributed by atoms with Gasteiger partial charge < -0.3 is 5.32 Å². The van der Waals surface area contributed by atoms with Crippen molar-refractivity contribution in [3.63, 3.8) is 0 Å². The van der Waals surface area contributed by atoms with Crippen LogP contribution in [0.25, 0.3) is 17.2 Å². The summed E-state index contributed by atoms with van der Waals surface area (Å²) in [7, 11) is 0. The van der Waals surface area contributed by atoms with E-state index in [-0.39, 0.29) is 12.3 Å². The van der Waals surface area contributed by atoms with E-state index in [9.17, 15) is 4.79 Å². The van der Waals surface area contributed by atoms with Gasteiger partial charge in [0.2, 0.25) is 5.91 Å². The highest BCUT2D eigenvalue weighted by atomic mass is 16.1. The number of carbonyl (C=O) groups excluding carboxylic acids is 1. The molecule has 0 saturated carbocycles. The average molecular weight is 372 g/mol. The Hall–Kier alpha value is -3.61. The number of hydrogen-bond donors (Lipinski definition) is 1. The number of pyridine rings is 1. The first kappa shape index (κ1) is 17.8. The fourth-order valence-corrected chi connectivity index (χ4v) is 3.10. The van der Waals surface area contributed by atoms with E-state index in [0.29, 0.717) is 18.1 Å². The van der Waals surface area contributed by atoms with Gasteiger partial charge in [0, 0.05) is 41.5 Å². The number of nitrogens with zero attached hydrogens (tertiary/aromatic N) is 5. The largest absolute Gasteiger partial charge is 0.352 e. The van der Waals surface area contributed by atoms with Gasteiger partial charge in [-0.3, -0.25) is 9.78 Å². The van der Waals surface area contributed by atoms with Crippen molar-refractivity contribution < 1.29 is 4.79 Å². The van der Waals surface area contributed by atoms with Crippen molar-refractivity contribution in [2.45, 2.75) is 26.8 Å². The first-order valence-electron chi connectivity index (χ1n) is 9.05. The van der Waals surface area contributed by atoms with Crippen LogP contribution in [-0.2, 0) is 17.8 Å². The van der Waals surface area contributed by atoms with Crippen molar-refractivity contribution in [2.75, 3.05) is 0 Å². The zero-order valence-corrected chi connectivity index (χ0v) is 15.8. The molecule has 1 aromatic carbocycles. The van der Waals surface area contributed by atoms with Crippen LogP contribution in [0.15, 0.2) is 54.9 Å². The van der Waals surface area contributed by atoms with E-state index in [0.717, 1.165) is 28.1 Å². The van der Waals surface area contributed by atoms with Crippen LogP contribution in [0.3, 0.4) is 0 Å². The zero-order valence-electron chi connectivity index (χ0n) is 15.8. The molecule has 1 amide bonds. The minimum atomic E-state index is -0.0520. The van der Waals surface area contributed by atoms with Crippen LogP contribution < -0.4 is 5.32 Å². The molecule has 3 aromatic heterocycles. The molecular formula is C21H20N6O. The molecule has 7 nitrogen and oxygen atoms in total. The highest BCUT2D eigenvalue weighted by Crippen LogP contribution is 2.18. The summed E-state index contributed by atoms with van der Waals surface area (Å²) < 4.78 is 1.69. The summed E-state index contributed by atoms with van der Waals surface area (Å²) in [6.45, 7) is 4.33. The van der Waals surface area contributed by atoms with Crippen LogP contribution in [0.4, 0.5) is 0 Å². The minimum absolute atomic E-state index is 0.0520. The van der Waals surface area contributed by atoms with Gasteiger partial charge in [-0.15, -0.1) is 5.10 Å². The molecule has 0 saturated heterocycles. The highest BCUT2D eigenvalue weighted by molar-refractivity contribution is 5.79. The fraction of sp³-hybridized carbons (Fsp3) is 0.190. The first-order valence-corrected chi connectivity index (χ1v) is 9.05. The number of benzene rings is 1. The molecule has 0 fully saturated rings. The molecule has 0 spiro atoms. The Morgan fingerprint density at radius 3 is 2.64 bits per heavy atom. The Bertz CT molecular complexity index is 1120. The standard InChI is InChI=1S/C21H20N6O/c1-14-18(11-19(28)23-12-16-7-4-3-5-8-16)15(2)27-21(24-14)25-20(26-27)17-9-6-10-22-13-17/h3-10,13H,11-12H2,1-2H3,(H,23,28). The number of carbonyl (C=O) groups is 1. The summed E-state index contributed by atoms with van der Waals surface area (Å²) >= 11 is 0. The molecule has 140 valence electrons. The third-order valence-electron chi connectivity index (χ3n) is 4.64. The zero-order chi connectivity index (χ0) is 19.5. The fourth-order valence-electron chi connectivity index (χ4n) is 3.10. The summed E-state index contributed by atoms with van der Waals surface area (Å²) in [6, 6.07) is 13.6. The van der Waals surface area contributed by atoms with Gasteiger partial charge in [-0.1, -0.05) is 30.3 Å². The Morgan fingerprint density at radius 1 is 1.07 bits per heavy atom. The number of fused-ring (bicyclic) bond motifs is 1. The van der Waals surface area contributed by atoms with Crippen molar-refractivity contribution >= 4 is 11.7 Å². The lowest BCUT2D eigenvalue weighted by molar-refractivity contribution is -0.120. The van der Waals surface area contributed by atoms with Crippen molar-refractivity contribution in [3.05, 3.63) is 77.4 Å². The second-order valence-corrected chi connectivity index (χ2v) is 6.59. The van der Waals surface area contributed by atoms with Crippen molar-refractivity contribution in [1.82, 2.24) is 29.9 Å². The maximum absolute atomic E-state index is 12.5. The lowest BCUT2D eigenvalue weighted by Gasteiger charge is -2.10. The van der Waals surface area contributed by atoms with Crippen molar-refractivity contribution in [3.8, 4) is 11.4 Å². The Labute approximate surface area is 162 Å². The SMILES string of the molecule is Cc1nc2nc(-c3cccnc3)nn2c(C)c1CC(=O)NCc1ccccc1. The molecule has 0 aliphatic rings. The quantitative estimate of drug-likeness (QED) is 0.582. The molecule has 0 atom stereocenters. The number of aryl methyl sites for hydroxylation is 2. The topological polar surface area (TPSA) is 85.1 Å².